The number of carbonyl (C=O) groups excluding carboxylic acids is 1. The molecule has 1 amide bonds. The Labute approximate surface area is 75.4 Å². The molecule has 0 aliphatic carbocycles. The first-order valence-electron chi connectivity index (χ1n) is 3.78. The van der Waals surface area contributed by atoms with Gasteiger partial charge >= 0.3 is 0 Å². The zero-order chi connectivity index (χ0) is 9.68. The van der Waals surface area contributed by atoms with E-state index in [1.54, 1.807) is 0 Å². The number of amides is 1. The molecule has 70 valence electrons. The number of hydrogen-bond acceptors (Lipinski definition) is 5. The molecule has 0 aromatic carbocycles. The van der Waals surface area contributed by atoms with Gasteiger partial charge < -0.3 is 16.8 Å². The van der Waals surface area contributed by atoms with Crippen molar-refractivity contribution in [2.75, 3.05) is 17.6 Å². The number of nitrogens with two attached hydrogens (primary N) is 2. The van der Waals surface area contributed by atoms with Crippen molar-refractivity contribution in [3.63, 3.8) is 0 Å². The summed E-state index contributed by atoms with van der Waals surface area (Å²) in [5.41, 5.74) is 10.8. The Morgan fingerprint density at radius 1 is 1.46 bits per heavy atom. The average molecular weight is 181 g/mol. The predicted molar refractivity (Wildman–Crippen MR) is 48.7 cm³/mol. The van der Waals surface area contributed by atoms with Crippen molar-refractivity contribution >= 4 is 17.5 Å². The van der Waals surface area contributed by atoms with Gasteiger partial charge in [-0.25, -0.2) is 9.97 Å². The van der Waals surface area contributed by atoms with E-state index in [1.165, 1.54) is 12.4 Å². The predicted octanol–water partition coefficient (Wildman–Crippen LogP) is -0.654. The van der Waals surface area contributed by atoms with Crippen molar-refractivity contribution in [3.8, 4) is 0 Å². The molecular formula is C7H11N5O. The first kappa shape index (κ1) is 9.24. The minimum absolute atomic E-state index is 0.258. The molecule has 13 heavy (non-hydrogen) atoms. The summed E-state index contributed by atoms with van der Waals surface area (Å²) in [6, 6.07) is 0. The van der Waals surface area contributed by atoms with Crippen LogP contribution < -0.4 is 16.8 Å². The number of rotatable bonds is 4. The molecule has 0 fully saturated rings. The van der Waals surface area contributed by atoms with Gasteiger partial charge in [0.15, 0.2) is 0 Å². The molecule has 1 heterocycles. The lowest BCUT2D eigenvalue weighted by Gasteiger charge is -2.01. The van der Waals surface area contributed by atoms with Crippen LogP contribution in [-0.4, -0.2) is 22.4 Å². The minimum atomic E-state index is -0.358. The summed E-state index contributed by atoms with van der Waals surface area (Å²) in [7, 11) is 0. The number of hydrogen-bond donors (Lipinski definition) is 3. The largest absolute Gasteiger partial charge is 0.396 e. The van der Waals surface area contributed by atoms with Crippen LogP contribution in [0.25, 0.3) is 0 Å². The van der Waals surface area contributed by atoms with Crippen molar-refractivity contribution in [3.05, 3.63) is 12.4 Å². The first-order valence-corrected chi connectivity index (χ1v) is 3.78. The number of nitrogen functional groups attached to an aromatic ring is 1. The van der Waals surface area contributed by atoms with Gasteiger partial charge in [-0.05, 0) is 0 Å². The zero-order valence-electron chi connectivity index (χ0n) is 7.03. The maximum Gasteiger partial charge on any atom is 0.222 e. The van der Waals surface area contributed by atoms with E-state index in [0.717, 1.165) is 0 Å². The van der Waals surface area contributed by atoms with Crippen molar-refractivity contribution in [1.82, 2.24) is 9.97 Å². The van der Waals surface area contributed by atoms with E-state index < -0.39 is 0 Å². The molecule has 1 aromatic rings. The second-order valence-electron chi connectivity index (χ2n) is 2.48. The van der Waals surface area contributed by atoms with Crippen molar-refractivity contribution in [1.29, 1.82) is 0 Å². The van der Waals surface area contributed by atoms with Gasteiger partial charge in [0, 0.05) is 13.0 Å². The van der Waals surface area contributed by atoms with Crippen molar-refractivity contribution in [2.45, 2.75) is 6.42 Å². The third kappa shape index (κ3) is 3.37. The Morgan fingerprint density at radius 2 is 2.08 bits per heavy atom. The highest BCUT2D eigenvalue weighted by molar-refractivity contribution is 5.74. The Balaban J connectivity index is 2.37. The smallest absolute Gasteiger partial charge is 0.222 e. The first-order chi connectivity index (χ1) is 6.18. The fourth-order valence-electron chi connectivity index (χ4n) is 0.727. The van der Waals surface area contributed by atoms with Gasteiger partial charge in [0.2, 0.25) is 11.9 Å². The number of anilines is 2. The van der Waals surface area contributed by atoms with Gasteiger partial charge in [0.1, 0.15) is 0 Å². The van der Waals surface area contributed by atoms with E-state index in [0.29, 0.717) is 18.2 Å². The lowest BCUT2D eigenvalue weighted by atomic mass is 10.4. The Bertz CT molecular complexity index is 283. The van der Waals surface area contributed by atoms with E-state index in [4.69, 9.17) is 11.5 Å². The normalized spacial score (nSPS) is 9.54. The highest BCUT2D eigenvalue weighted by Gasteiger charge is 1.96. The third-order valence-electron chi connectivity index (χ3n) is 1.33. The summed E-state index contributed by atoms with van der Waals surface area (Å²) in [6.07, 6.45) is 3.23. The molecule has 0 spiro atoms. The molecule has 0 radical (unpaired) electrons. The summed E-state index contributed by atoms with van der Waals surface area (Å²) in [5.74, 6) is 0.0818. The molecule has 6 heteroatoms. The topological polar surface area (TPSA) is 107 Å². The van der Waals surface area contributed by atoms with Gasteiger partial charge in [0.05, 0.1) is 18.1 Å². The lowest BCUT2D eigenvalue weighted by Crippen LogP contribution is -2.16. The quantitative estimate of drug-likeness (QED) is 0.572. The third-order valence-corrected chi connectivity index (χ3v) is 1.33. The summed E-state index contributed by atoms with van der Waals surface area (Å²) >= 11 is 0. The van der Waals surface area contributed by atoms with Crippen LogP contribution in [-0.2, 0) is 4.79 Å². The molecule has 0 aliphatic heterocycles. The monoisotopic (exact) mass is 181 g/mol. The maximum absolute atomic E-state index is 10.4. The van der Waals surface area contributed by atoms with Crippen LogP contribution in [0.3, 0.4) is 0 Å². The van der Waals surface area contributed by atoms with Crippen LogP contribution in [0.2, 0.25) is 0 Å². The van der Waals surface area contributed by atoms with E-state index >= 15 is 0 Å². The summed E-state index contributed by atoms with van der Waals surface area (Å²) in [5, 5.41) is 2.82. The zero-order valence-corrected chi connectivity index (χ0v) is 7.03. The van der Waals surface area contributed by atoms with Crippen molar-refractivity contribution < 1.29 is 4.79 Å². The maximum atomic E-state index is 10.4. The van der Waals surface area contributed by atoms with Gasteiger partial charge in [-0.15, -0.1) is 0 Å². The van der Waals surface area contributed by atoms with Crippen LogP contribution in [0.5, 0.6) is 0 Å². The molecule has 1 aromatic heterocycles. The van der Waals surface area contributed by atoms with Crippen LogP contribution in [0.1, 0.15) is 6.42 Å². The van der Waals surface area contributed by atoms with Crippen LogP contribution in [0, 0.1) is 0 Å². The molecule has 0 atom stereocenters. The number of primary amides is 1. The molecular weight excluding hydrogens is 170 g/mol. The molecule has 0 saturated carbocycles. The van der Waals surface area contributed by atoms with E-state index in [2.05, 4.69) is 15.3 Å². The highest BCUT2D eigenvalue weighted by atomic mass is 16.1. The van der Waals surface area contributed by atoms with E-state index in [1.807, 2.05) is 0 Å². The molecule has 0 aliphatic rings. The number of nitrogens with zero attached hydrogens (tertiary/aromatic N) is 2. The van der Waals surface area contributed by atoms with Gasteiger partial charge in [-0.3, -0.25) is 4.79 Å². The number of aromatic nitrogens is 2. The summed E-state index contributed by atoms with van der Waals surface area (Å²) in [6.45, 7) is 0.430. The second-order valence-corrected chi connectivity index (χ2v) is 2.48. The average Bonchev–Trinajstić information content (AvgIpc) is 2.08. The number of carbonyl (C=O) groups is 1. The van der Waals surface area contributed by atoms with Gasteiger partial charge in [-0.1, -0.05) is 0 Å². The highest BCUT2D eigenvalue weighted by Crippen LogP contribution is 1.99. The Morgan fingerprint density at radius 3 is 2.62 bits per heavy atom. The van der Waals surface area contributed by atoms with Crippen molar-refractivity contribution in [2.24, 2.45) is 5.73 Å². The SMILES string of the molecule is NC(=O)CCNc1ncc(N)cn1. The van der Waals surface area contributed by atoms with Crippen LogP contribution in [0.15, 0.2) is 12.4 Å². The molecule has 0 bridgehead atoms. The molecule has 5 N–H and O–H groups in total. The van der Waals surface area contributed by atoms with Crippen LogP contribution >= 0.6 is 0 Å². The number of nitrogens with one attached hydrogen (secondary N) is 1. The lowest BCUT2D eigenvalue weighted by molar-refractivity contribution is -0.117. The Kier molecular flexibility index (Phi) is 3.02. The van der Waals surface area contributed by atoms with Gasteiger partial charge in [-0.2, -0.15) is 0 Å². The molecule has 0 saturated heterocycles. The standard InChI is InChI=1S/C7H11N5O/c8-5-3-11-7(12-4-5)10-2-1-6(9)13/h3-4H,1-2,8H2,(H2,9,13)(H,10,11,12). The molecule has 1 rings (SSSR count). The second kappa shape index (κ2) is 4.24. The summed E-state index contributed by atoms with van der Waals surface area (Å²) < 4.78 is 0. The Hall–Kier alpha value is -1.85. The molecule has 6 nitrogen and oxygen atoms in total. The fourth-order valence-corrected chi connectivity index (χ4v) is 0.727. The fraction of sp³-hybridized carbons (Fsp3) is 0.286. The van der Waals surface area contributed by atoms with E-state index in [-0.39, 0.29) is 12.3 Å². The summed E-state index contributed by atoms with van der Waals surface area (Å²) in [4.78, 5) is 18.1. The van der Waals surface area contributed by atoms with E-state index in [9.17, 15) is 4.79 Å². The van der Waals surface area contributed by atoms with Crippen LogP contribution in [0.4, 0.5) is 11.6 Å². The minimum Gasteiger partial charge on any atom is -0.396 e. The van der Waals surface area contributed by atoms with Gasteiger partial charge in [0.25, 0.3) is 0 Å². The molecule has 0 unspecified atom stereocenters.